The van der Waals surface area contributed by atoms with Gasteiger partial charge in [0, 0.05) is 43.3 Å². The highest BCUT2D eigenvalue weighted by Crippen LogP contribution is 2.33. The van der Waals surface area contributed by atoms with E-state index in [0.717, 1.165) is 47.7 Å². The molecule has 1 amide bonds. The molecule has 0 spiro atoms. The van der Waals surface area contributed by atoms with Gasteiger partial charge in [-0.15, -0.1) is 0 Å². The molecule has 0 aliphatic carbocycles. The molecule has 8 nitrogen and oxygen atoms in total. The standard InChI is InChI=1S/C29H34N4O3.C3H9N/c1-4-11-33(12-5-2)29(36)26-17-24-8-6-22(18-27(24)31-28(30)19-26)21-7-9-25(20-35)23(16-21)10-13-32(3)14-15-34;1-4(2)3/h6-10,13,15-18,20H,4-5,11-12,14,19H2,1-3H3,(H2,30,31);1-3H3/b13-10-;. The normalized spacial score (nSPS) is 12.5. The Balaban J connectivity index is 0.00000131. The average Bonchev–Trinajstić information content (AvgIpc) is 3.08. The largest absolute Gasteiger partial charge is 0.387 e. The number of amidine groups is 1. The van der Waals surface area contributed by atoms with E-state index >= 15 is 0 Å². The van der Waals surface area contributed by atoms with Gasteiger partial charge in [0.1, 0.15) is 12.1 Å². The van der Waals surface area contributed by atoms with Crippen LogP contribution in [0.2, 0.25) is 0 Å². The third-order valence-corrected chi connectivity index (χ3v) is 5.96. The smallest absolute Gasteiger partial charge is 0.250 e. The zero-order chi connectivity index (χ0) is 29.7. The van der Waals surface area contributed by atoms with Crippen LogP contribution in [0.3, 0.4) is 0 Å². The highest BCUT2D eigenvalue weighted by Gasteiger charge is 2.21. The van der Waals surface area contributed by atoms with Crippen molar-refractivity contribution in [2.45, 2.75) is 33.1 Å². The zero-order valence-corrected chi connectivity index (χ0v) is 24.7. The first-order valence-electron chi connectivity index (χ1n) is 13.6. The van der Waals surface area contributed by atoms with E-state index in [9.17, 15) is 14.4 Å². The molecular formula is C32H43N5O3. The van der Waals surface area contributed by atoms with Gasteiger partial charge in [0.25, 0.3) is 0 Å². The van der Waals surface area contributed by atoms with Crippen LogP contribution in [0.1, 0.15) is 54.6 Å². The molecule has 0 saturated carbocycles. The summed E-state index contributed by atoms with van der Waals surface area (Å²) in [7, 11) is 7.79. The van der Waals surface area contributed by atoms with E-state index in [4.69, 9.17) is 5.73 Å². The second-order valence-corrected chi connectivity index (χ2v) is 10.2. The molecule has 0 fully saturated rings. The zero-order valence-electron chi connectivity index (χ0n) is 24.7. The molecule has 0 atom stereocenters. The summed E-state index contributed by atoms with van der Waals surface area (Å²) < 4.78 is 0. The average molecular weight is 546 g/mol. The number of likely N-dealkylation sites (N-methyl/N-ethyl adjacent to an activating group) is 1. The lowest BCUT2D eigenvalue weighted by atomic mass is 9.97. The van der Waals surface area contributed by atoms with Crippen LogP contribution in [-0.4, -0.2) is 86.8 Å². The van der Waals surface area contributed by atoms with Crippen molar-refractivity contribution < 1.29 is 14.4 Å². The molecule has 2 aromatic carbocycles. The number of aliphatic imine (C=N–C) groups is 1. The maximum Gasteiger partial charge on any atom is 0.250 e. The van der Waals surface area contributed by atoms with Crippen molar-refractivity contribution >= 4 is 42.2 Å². The third kappa shape index (κ3) is 9.61. The monoisotopic (exact) mass is 545 g/mol. The number of carbonyl (C=O) groups excluding carboxylic acids is 3. The van der Waals surface area contributed by atoms with Crippen LogP contribution in [0.15, 0.2) is 53.2 Å². The summed E-state index contributed by atoms with van der Waals surface area (Å²) in [4.78, 5) is 45.7. The van der Waals surface area contributed by atoms with Gasteiger partial charge in [-0.05, 0) is 81.2 Å². The van der Waals surface area contributed by atoms with Gasteiger partial charge in [-0.1, -0.05) is 38.1 Å². The molecule has 40 heavy (non-hydrogen) atoms. The van der Waals surface area contributed by atoms with Crippen molar-refractivity contribution in [2.75, 3.05) is 47.8 Å². The molecule has 2 N–H and O–H groups in total. The van der Waals surface area contributed by atoms with Crippen LogP contribution in [0, 0.1) is 0 Å². The number of nitrogens with two attached hydrogens (primary N) is 1. The number of amides is 1. The number of rotatable bonds is 11. The van der Waals surface area contributed by atoms with E-state index in [1.807, 2.05) is 73.4 Å². The molecule has 3 rings (SSSR count). The fourth-order valence-corrected chi connectivity index (χ4v) is 4.16. The van der Waals surface area contributed by atoms with Gasteiger partial charge in [-0.25, -0.2) is 4.99 Å². The van der Waals surface area contributed by atoms with Gasteiger partial charge < -0.3 is 25.2 Å². The number of carbonyl (C=O) groups is 3. The minimum Gasteiger partial charge on any atom is -0.387 e. The number of nitrogens with zero attached hydrogens (tertiary/aromatic N) is 4. The Kier molecular flexibility index (Phi) is 13.0. The van der Waals surface area contributed by atoms with Crippen molar-refractivity contribution in [3.8, 4) is 11.1 Å². The highest BCUT2D eigenvalue weighted by molar-refractivity contribution is 6.05. The topological polar surface area (TPSA) is 99.3 Å². The predicted molar refractivity (Wildman–Crippen MR) is 166 cm³/mol. The van der Waals surface area contributed by atoms with Crippen LogP contribution in [0.4, 0.5) is 5.69 Å². The summed E-state index contributed by atoms with van der Waals surface area (Å²) in [6, 6.07) is 11.5. The summed E-state index contributed by atoms with van der Waals surface area (Å²) in [5.41, 5.74) is 11.6. The minimum absolute atomic E-state index is 0.00852. The van der Waals surface area contributed by atoms with Gasteiger partial charge in [-0.3, -0.25) is 9.59 Å². The van der Waals surface area contributed by atoms with E-state index in [0.29, 0.717) is 42.2 Å². The molecule has 0 saturated heterocycles. The summed E-state index contributed by atoms with van der Waals surface area (Å²) in [5.74, 6) is 0.408. The SMILES string of the molecule is CCCN(CCC)C(=O)C1=Cc2ccc(-c3ccc(C=O)c(/C=C\N(C)CC=O)c3)cc2N=C(N)C1.CN(C)C. The highest BCUT2D eigenvalue weighted by atomic mass is 16.2. The van der Waals surface area contributed by atoms with Gasteiger partial charge in [-0.2, -0.15) is 0 Å². The molecule has 8 heteroatoms. The summed E-state index contributed by atoms with van der Waals surface area (Å²) in [6.45, 7) is 5.83. The van der Waals surface area contributed by atoms with E-state index in [2.05, 4.69) is 18.8 Å². The Morgan fingerprint density at radius 1 is 0.950 bits per heavy atom. The van der Waals surface area contributed by atoms with Crippen LogP contribution in [-0.2, 0) is 9.59 Å². The predicted octanol–water partition coefficient (Wildman–Crippen LogP) is 4.87. The van der Waals surface area contributed by atoms with Crippen molar-refractivity contribution in [3.05, 3.63) is 64.9 Å². The summed E-state index contributed by atoms with van der Waals surface area (Å²) in [5, 5.41) is 0. The van der Waals surface area contributed by atoms with E-state index in [1.54, 1.807) is 24.2 Å². The second kappa shape index (κ2) is 16.2. The molecule has 2 aromatic rings. The van der Waals surface area contributed by atoms with Crippen LogP contribution >= 0.6 is 0 Å². The van der Waals surface area contributed by atoms with Crippen molar-refractivity contribution in [3.63, 3.8) is 0 Å². The molecule has 0 bridgehead atoms. The first kappa shape index (κ1) is 32.2. The number of fused-ring (bicyclic) bond motifs is 1. The van der Waals surface area contributed by atoms with E-state index in [1.165, 1.54) is 0 Å². The van der Waals surface area contributed by atoms with Gasteiger partial charge in [0.15, 0.2) is 6.29 Å². The molecular weight excluding hydrogens is 502 g/mol. The molecule has 1 aliphatic heterocycles. The van der Waals surface area contributed by atoms with Crippen molar-refractivity contribution in [1.82, 2.24) is 14.7 Å². The summed E-state index contributed by atoms with van der Waals surface area (Å²) in [6.07, 6.45) is 9.23. The fraction of sp³-hybridized carbons (Fsp3) is 0.375. The molecule has 1 aliphatic rings. The Morgan fingerprint density at radius 2 is 1.57 bits per heavy atom. The van der Waals surface area contributed by atoms with E-state index < -0.39 is 0 Å². The molecule has 1 heterocycles. The first-order valence-corrected chi connectivity index (χ1v) is 13.6. The Hall–Kier alpha value is -4.04. The number of benzene rings is 2. The van der Waals surface area contributed by atoms with Crippen molar-refractivity contribution in [2.24, 2.45) is 10.7 Å². The Bertz CT molecular complexity index is 1250. The van der Waals surface area contributed by atoms with Gasteiger partial charge >= 0.3 is 0 Å². The minimum atomic E-state index is 0.00852. The maximum absolute atomic E-state index is 13.2. The number of hydrogen-bond acceptors (Lipinski definition) is 7. The van der Waals surface area contributed by atoms with Crippen LogP contribution in [0.25, 0.3) is 23.3 Å². The Morgan fingerprint density at radius 3 is 2.17 bits per heavy atom. The molecule has 0 unspecified atom stereocenters. The Labute approximate surface area is 238 Å². The van der Waals surface area contributed by atoms with Crippen LogP contribution in [0.5, 0.6) is 0 Å². The molecule has 214 valence electrons. The lowest BCUT2D eigenvalue weighted by molar-refractivity contribution is -0.127. The second-order valence-electron chi connectivity index (χ2n) is 10.2. The number of hydrogen-bond donors (Lipinski definition) is 1. The molecule has 0 radical (unpaired) electrons. The van der Waals surface area contributed by atoms with Gasteiger partial charge in [0.05, 0.1) is 12.2 Å². The van der Waals surface area contributed by atoms with Gasteiger partial charge in [0.2, 0.25) is 5.91 Å². The molecule has 0 aromatic heterocycles. The van der Waals surface area contributed by atoms with E-state index in [-0.39, 0.29) is 12.5 Å². The fourth-order valence-electron chi connectivity index (χ4n) is 4.16. The lowest BCUT2D eigenvalue weighted by Gasteiger charge is -2.22. The quantitative estimate of drug-likeness (QED) is 0.405. The maximum atomic E-state index is 13.2. The number of aldehydes is 2. The summed E-state index contributed by atoms with van der Waals surface area (Å²) >= 11 is 0. The van der Waals surface area contributed by atoms with Crippen molar-refractivity contribution in [1.29, 1.82) is 0 Å². The third-order valence-electron chi connectivity index (χ3n) is 5.96. The lowest BCUT2D eigenvalue weighted by Crippen LogP contribution is -2.34. The first-order chi connectivity index (χ1) is 19.1. The van der Waals surface area contributed by atoms with Crippen LogP contribution < -0.4 is 5.73 Å².